The van der Waals surface area contributed by atoms with Crippen LogP contribution in [-0.4, -0.2) is 69.8 Å². The van der Waals surface area contributed by atoms with E-state index in [2.05, 4.69) is 10.2 Å². The molecule has 0 aliphatic carbocycles. The van der Waals surface area contributed by atoms with Gasteiger partial charge < -0.3 is 19.7 Å². The molecule has 1 aromatic rings. The Kier molecular flexibility index (Phi) is 5.88. The maximum Gasteiger partial charge on any atom is 0.227 e. The van der Waals surface area contributed by atoms with Crippen LogP contribution in [0.25, 0.3) is 0 Å². The molecule has 0 bridgehead atoms. The van der Waals surface area contributed by atoms with Crippen LogP contribution in [0.2, 0.25) is 0 Å². The standard InChI is InChI=1S/C18H25N3O4/c1-24-16-5-3-2-4-15(16)21-13-14(12-17(21)22)18(23)19-6-7-20-8-10-25-11-9-20/h2-5,14H,6-13H2,1H3,(H,19,23). The SMILES string of the molecule is COc1ccccc1N1CC(C(=O)NCCN2CCOCC2)CC1=O. The lowest BCUT2D eigenvalue weighted by atomic mass is 10.1. The van der Waals surface area contributed by atoms with Gasteiger partial charge in [0.05, 0.1) is 31.9 Å². The molecule has 1 aromatic carbocycles. The summed E-state index contributed by atoms with van der Waals surface area (Å²) in [5.74, 6) is 0.225. The largest absolute Gasteiger partial charge is 0.495 e. The number of benzene rings is 1. The Morgan fingerprint density at radius 3 is 2.84 bits per heavy atom. The second-order valence-corrected chi connectivity index (χ2v) is 6.32. The van der Waals surface area contributed by atoms with E-state index >= 15 is 0 Å². The van der Waals surface area contributed by atoms with Gasteiger partial charge in [0.15, 0.2) is 0 Å². The van der Waals surface area contributed by atoms with E-state index in [9.17, 15) is 9.59 Å². The number of rotatable bonds is 6. The van der Waals surface area contributed by atoms with Gasteiger partial charge in [-0.25, -0.2) is 0 Å². The second kappa shape index (κ2) is 8.31. The summed E-state index contributed by atoms with van der Waals surface area (Å²) >= 11 is 0. The summed E-state index contributed by atoms with van der Waals surface area (Å²) in [5.41, 5.74) is 0.721. The zero-order valence-corrected chi connectivity index (χ0v) is 14.6. The summed E-state index contributed by atoms with van der Waals surface area (Å²) in [7, 11) is 1.58. The normalized spacial score (nSPS) is 21.4. The first-order valence-electron chi connectivity index (χ1n) is 8.70. The van der Waals surface area contributed by atoms with Gasteiger partial charge in [-0.3, -0.25) is 14.5 Å². The molecule has 1 unspecified atom stereocenters. The van der Waals surface area contributed by atoms with Crippen LogP contribution in [0.5, 0.6) is 5.75 Å². The zero-order chi connectivity index (χ0) is 17.6. The monoisotopic (exact) mass is 347 g/mol. The summed E-state index contributed by atoms with van der Waals surface area (Å²) in [5, 5.41) is 2.96. The Morgan fingerprint density at radius 1 is 1.32 bits per heavy atom. The summed E-state index contributed by atoms with van der Waals surface area (Å²) < 4.78 is 10.6. The molecule has 1 atom stereocenters. The Labute approximate surface area is 147 Å². The van der Waals surface area contributed by atoms with Crippen molar-refractivity contribution in [1.82, 2.24) is 10.2 Å². The molecule has 0 spiro atoms. The molecule has 0 aromatic heterocycles. The van der Waals surface area contributed by atoms with Gasteiger partial charge in [0.25, 0.3) is 0 Å². The number of nitrogens with zero attached hydrogens (tertiary/aromatic N) is 2. The zero-order valence-electron chi connectivity index (χ0n) is 14.6. The minimum atomic E-state index is -0.317. The number of hydrogen-bond donors (Lipinski definition) is 1. The number of hydrogen-bond acceptors (Lipinski definition) is 5. The first kappa shape index (κ1) is 17.7. The number of morpholine rings is 1. The molecule has 2 aliphatic heterocycles. The fraction of sp³-hybridized carbons (Fsp3) is 0.556. The number of anilines is 1. The van der Waals surface area contributed by atoms with Crippen LogP contribution in [0.1, 0.15) is 6.42 Å². The number of methoxy groups -OCH3 is 1. The predicted octanol–water partition coefficient (Wildman–Crippen LogP) is 0.497. The molecule has 7 nitrogen and oxygen atoms in total. The van der Waals surface area contributed by atoms with Crippen molar-refractivity contribution < 1.29 is 19.1 Å². The van der Waals surface area contributed by atoms with E-state index < -0.39 is 0 Å². The smallest absolute Gasteiger partial charge is 0.227 e. The molecule has 2 amide bonds. The minimum absolute atomic E-state index is 0.0437. The van der Waals surface area contributed by atoms with E-state index in [0.717, 1.165) is 38.5 Å². The van der Waals surface area contributed by atoms with Gasteiger partial charge in [0.2, 0.25) is 11.8 Å². The summed E-state index contributed by atoms with van der Waals surface area (Å²) in [6.45, 7) is 5.10. The van der Waals surface area contributed by atoms with Gasteiger partial charge in [-0.2, -0.15) is 0 Å². The van der Waals surface area contributed by atoms with Gasteiger partial charge in [0.1, 0.15) is 5.75 Å². The highest BCUT2D eigenvalue weighted by atomic mass is 16.5. The molecule has 7 heteroatoms. The van der Waals surface area contributed by atoms with E-state index in [1.54, 1.807) is 12.0 Å². The maximum absolute atomic E-state index is 12.4. The molecule has 2 aliphatic rings. The summed E-state index contributed by atoms with van der Waals surface area (Å²) in [6.07, 6.45) is 0.238. The fourth-order valence-corrected chi connectivity index (χ4v) is 3.28. The van der Waals surface area contributed by atoms with Crippen molar-refractivity contribution in [3.63, 3.8) is 0 Å². The van der Waals surface area contributed by atoms with Crippen molar-refractivity contribution in [3.8, 4) is 5.75 Å². The third-order valence-corrected chi connectivity index (χ3v) is 4.70. The number of nitrogens with one attached hydrogen (secondary N) is 1. The maximum atomic E-state index is 12.4. The van der Waals surface area contributed by atoms with Crippen LogP contribution in [0.3, 0.4) is 0 Å². The van der Waals surface area contributed by atoms with Crippen molar-refractivity contribution in [2.75, 3.05) is 57.9 Å². The van der Waals surface area contributed by atoms with Crippen molar-refractivity contribution in [1.29, 1.82) is 0 Å². The number of para-hydroxylation sites is 2. The van der Waals surface area contributed by atoms with Gasteiger partial charge in [-0.15, -0.1) is 0 Å². The van der Waals surface area contributed by atoms with Crippen molar-refractivity contribution in [2.24, 2.45) is 5.92 Å². The number of ether oxygens (including phenoxy) is 2. The van der Waals surface area contributed by atoms with Crippen molar-refractivity contribution >= 4 is 17.5 Å². The number of amides is 2. The molecule has 0 radical (unpaired) electrons. The van der Waals surface area contributed by atoms with Gasteiger partial charge >= 0.3 is 0 Å². The number of carbonyl (C=O) groups is 2. The van der Waals surface area contributed by atoms with Crippen LogP contribution >= 0.6 is 0 Å². The Balaban J connectivity index is 1.52. The third-order valence-electron chi connectivity index (χ3n) is 4.70. The highest BCUT2D eigenvalue weighted by Crippen LogP contribution is 2.32. The second-order valence-electron chi connectivity index (χ2n) is 6.32. The van der Waals surface area contributed by atoms with Gasteiger partial charge in [0, 0.05) is 39.1 Å². The lowest BCUT2D eigenvalue weighted by Crippen LogP contribution is -2.42. The van der Waals surface area contributed by atoms with E-state index in [1.807, 2.05) is 24.3 Å². The van der Waals surface area contributed by atoms with Crippen molar-refractivity contribution in [3.05, 3.63) is 24.3 Å². The van der Waals surface area contributed by atoms with E-state index in [1.165, 1.54) is 0 Å². The molecule has 2 heterocycles. The molecule has 2 fully saturated rings. The van der Waals surface area contributed by atoms with Crippen LogP contribution in [0.15, 0.2) is 24.3 Å². The Hall–Kier alpha value is -2.12. The summed E-state index contributed by atoms with van der Waals surface area (Å²) in [6, 6.07) is 7.38. The lowest BCUT2D eigenvalue weighted by Gasteiger charge is -2.26. The fourth-order valence-electron chi connectivity index (χ4n) is 3.28. The molecule has 1 N–H and O–H groups in total. The van der Waals surface area contributed by atoms with Gasteiger partial charge in [-0.1, -0.05) is 12.1 Å². The Morgan fingerprint density at radius 2 is 2.08 bits per heavy atom. The first-order valence-corrected chi connectivity index (χ1v) is 8.70. The van der Waals surface area contributed by atoms with E-state index in [0.29, 0.717) is 18.8 Å². The summed E-state index contributed by atoms with van der Waals surface area (Å²) in [4.78, 5) is 28.7. The van der Waals surface area contributed by atoms with Crippen LogP contribution < -0.4 is 15.0 Å². The average molecular weight is 347 g/mol. The van der Waals surface area contributed by atoms with Crippen LogP contribution in [0, 0.1) is 5.92 Å². The highest BCUT2D eigenvalue weighted by Gasteiger charge is 2.36. The highest BCUT2D eigenvalue weighted by molar-refractivity contribution is 6.01. The topological polar surface area (TPSA) is 71.1 Å². The molecule has 3 rings (SSSR count). The lowest BCUT2D eigenvalue weighted by molar-refractivity contribution is -0.126. The van der Waals surface area contributed by atoms with E-state index in [4.69, 9.17) is 9.47 Å². The first-order chi connectivity index (χ1) is 12.2. The van der Waals surface area contributed by atoms with Gasteiger partial charge in [-0.05, 0) is 12.1 Å². The minimum Gasteiger partial charge on any atom is -0.495 e. The molecular weight excluding hydrogens is 322 g/mol. The third kappa shape index (κ3) is 4.29. The molecule has 2 saturated heterocycles. The molecule has 0 saturated carbocycles. The van der Waals surface area contributed by atoms with Crippen LogP contribution in [-0.2, 0) is 14.3 Å². The van der Waals surface area contributed by atoms with Crippen molar-refractivity contribution in [2.45, 2.75) is 6.42 Å². The predicted molar refractivity (Wildman–Crippen MR) is 93.7 cm³/mol. The average Bonchev–Trinajstić information content (AvgIpc) is 3.04. The molecule has 136 valence electrons. The molecule has 25 heavy (non-hydrogen) atoms. The van der Waals surface area contributed by atoms with E-state index in [-0.39, 0.29) is 24.2 Å². The Bertz CT molecular complexity index is 616. The quantitative estimate of drug-likeness (QED) is 0.811. The number of carbonyl (C=O) groups excluding carboxylic acids is 2. The van der Waals surface area contributed by atoms with Crippen LogP contribution in [0.4, 0.5) is 5.69 Å². The molecular formula is C18H25N3O4.